The molecule has 0 bridgehead atoms. The Bertz CT molecular complexity index is 483. The molecule has 0 heterocycles. The highest BCUT2D eigenvalue weighted by atomic mass is 16.5. The lowest BCUT2D eigenvalue weighted by molar-refractivity contribution is -0.136. The number of aliphatic carboxylic acids is 1. The van der Waals surface area contributed by atoms with Gasteiger partial charge in [-0.05, 0) is 24.1 Å². The molecule has 1 aromatic carbocycles. The number of ketones is 1. The quantitative estimate of drug-likeness (QED) is 0.830. The Morgan fingerprint density at radius 2 is 1.89 bits per heavy atom. The summed E-state index contributed by atoms with van der Waals surface area (Å²) < 4.78 is 5.21. The van der Waals surface area contributed by atoms with E-state index in [1.165, 1.54) is 7.11 Å². The Labute approximate surface area is 113 Å². The van der Waals surface area contributed by atoms with Crippen LogP contribution in [-0.4, -0.2) is 24.0 Å². The van der Waals surface area contributed by atoms with Crippen molar-refractivity contribution in [2.24, 2.45) is 5.41 Å². The van der Waals surface area contributed by atoms with Crippen LogP contribution in [0.1, 0.15) is 43.1 Å². The highest BCUT2D eigenvalue weighted by Crippen LogP contribution is 2.28. The van der Waals surface area contributed by atoms with Crippen LogP contribution in [-0.2, 0) is 11.2 Å². The summed E-state index contributed by atoms with van der Waals surface area (Å²) in [6.45, 7) is 5.54. The first-order chi connectivity index (χ1) is 8.75. The van der Waals surface area contributed by atoms with Gasteiger partial charge in [-0.15, -0.1) is 0 Å². The monoisotopic (exact) mass is 264 g/mol. The fourth-order valence-corrected chi connectivity index (χ4v) is 1.74. The van der Waals surface area contributed by atoms with Gasteiger partial charge in [-0.25, -0.2) is 0 Å². The summed E-state index contributed by atoms with van der Waals surface area (Å²) in [4.78, 5) is 22.9. The summed E-state index contributed by atoms with van der Waals surface area (Å²) in [6.07, 6.45) is 0.458. The van der Waals surface area contributed by atoms with Gasteiger partial charge in [-0.2, -0.15) is 0 Å². The Morgan fingerprint density at radius 1 is 1.26 bits per heavy atom. The normalized spacial score (nSPS) is 11.2. The van der Waals surface area contributed by atoms with Gasteiger partial charge in [0.15, 0.2) is 5.78 Å². The molecule has 1 rings (SSSR count). The number of methoxy groups -OCH3 is 1. The third kappa shape index (κ3) is 4.09. The maximum absolute atomic E-state index is 12.3. The average molecular weight is 264 g/mol. The Hall–Kier alpha value is -1.84. The summed E-state index contributed by atoms with van der Waals surface area (Å²) >= 11 is 0. The van der Waals surface area contributed by atoms with Crippen molar-refractivity contribution in [2.75, 3.05) is 7.11 Å². The van der Waals surface area contributed by atoms with Gasteiger partial charge in [0.2, 0.25) is 0 Å². The van der Waals surface area contributed by atoms with E-state index in [9.17, 15) is 9.59 Å². The van der Waals surface area contributed by atoms with Gasteiger partial charge in [-0.3, -0.25) is 9.59 Å². The Balaban J connectivity index is 3.09. The molecule has 4 heteroatoms. The summed E-state index contributed by atoms with van der Waals surface area (Å²) in [6, 6.07) is 5.24. The molecular formula is C15H20O4. The number of carboxylic acid groups (broad SMARTS) is 1. The molecule has 0 amide bonds. The smallest absolute Gasteiger partial charge is 0.303 e. The molecule has 0 atom stereocenters. The van der Waals surface area contributed by atoms with E-state index in [1.54, 1.807) is 18.2 Å². The lowest BCUT2D eigenvalue weighted by Gasteiger charge is -2.19. The molecule has 0 fully saturated rings. The van der Waals surface area contributed by atoms with Crippen molar-refractivity contribution >= 4 is 11.8 Å². The van der Waals surface area contributed by atoms with Crippen LogP contribution in [0.3, 0.4) is 0 Å². The fraction of sp³-hybridized carbons (Fsp3) is 0.467. The number of benzene rings is 1. The first-order valence-electron chi connectivity index (χ1n) is 6.19. The van der Waals surface area contributed by atoms with Crippen molar-refractivity contribution in [1.29, 1.82) is 0 Å². The molecule has 1 aromatic rings. The van der Waals surface area contributed by atoms with E-state index >= 15 is 0 Å². The standard InChI is InChI=1S/C15H20O4/c1-15(2,3)14(18)11-9-10(6-8-13(16)17)5-7-12(11)19-4/h5,7,9H,6,8H2,1-4H3,(H,16,17). The molecule has 0 aliphatic heterocycles. The molecule has 104 valence electrons. The number of carboxylic acids is 1. The van der Waals surface area contributed by atoms with E-state index in [-0.39, 0.29) is 12.2 Å². The van der Waals surface area contributed by atoms with Crippen molar-refractivity contribution in [3.8, 4) is 5.75 Å². The first kappa shape index (κ1) is 15.2. The largest absolute Gasteiger partial charge is 0.496 e. The topological polar surface area (TPSA) is 63.6 Å². The second kappa shape index (κ2) is 5.87. The van der Waals surface area contributed by atoms with Gasteiger partial charge < -0.3 is 9.84 Å². The lowest BCUT2D eigenvalue weighted by atomic mass is 9.85. The Morgan fingerprint density at radius 3 is 2.37 bits per heavy atom. The van der Waals surface area contributed by atoms with E-state index in [1.807, 2.05) is 20.8 Å². The molecule has 0 unspecified atom stereocenters. The summed E-state index contributed by atoms with van der Waals surface area (Å²) in [5, 5.41) is 8.69. The van der Waals surface area contributed by atoms with Crippen molar-refractivity contribution in [1.82, 2.24) is 0 Å². The van der Waals surface area contributed by atoms with Crippen LogP contribution in [0.15, 0.2) is 18.2 Å². The molecule has 0 saturated heterocycles. The summed E-state index contributed by atoms with van der Waals surface area (Å²) in [5.74, 6) is -0.333. The third-order valence-corrected chi connectivity index (χ3v) is 2.82. The zero-order chi connectivity index (χ0) is 14.6. The molecule has 0 aliphatic carbocycles. The molecule has 0 radical (unpaired) electrons. The fourth-order valence-electron chi connectivity index (χ4n) is 1.74. The Kier molecular flexibility index (Phi) is 4.70. The van der Waals surface area contributed by atoms with Crippen molar-refractivity contribution < 1.29 is 19.4 Å². The minimum absolute atomic E-state index is 0.0125. The first-order valence-corrected chi connectivity index (χ1v) is 6.19. The zero-order valence-electron chi connectivity index (χ0n) is 11.8. The van der Waals surface area contributed by atoms with Crippen LogP contribution in [0, 0.1) is 5.41 Å². The molecule has 0 saturated carbocycles. The van der Waals surface area contributed by atoms with Crippen LogP contribution in [0.2, 0.25) is 0 Å². The lowest BCUT2D eigenvalue weighted by Crippen LogP contribution is -2.21. The van der Waals surface area contributed by atoms with Gasteiger partial charge in [0.1, 0.15) is 5.75 Å². The number of hydrogen-bond donors (Lipinski definition) is 1. The molecule has 0 aromatic heterocycles. The summed E-state index contributed by atoms with van der Waals surface area (Å²) in [5.41, 5.74) is 0.840. The molecule has 1 N–H and O–H groups in total. The highest BCUT2D eigenvalue weighted by Gasteiger charge is 2.25. The number of Topliss-reactive ketones (excluding diaryl/α,β-unsaturated/α-hetero) is 1. The number of rotatable bonds is 5. The highest BCUT2D eigenvalue weighted by molar-refractivity contribution is 6.02. The molecule has 19 heavy (non-hydrogen) atoms. The van der Waals surface area contributed by atoms with E-state index in [0.29, 0.717) is 17.7 Å². The number of hydrogen-bond acceptors (Lipinski definition) is 3. The van der Waals surface area contributed by atoms with Crippen LogP contribution in [0.4, 0.5) is 0 Å². The molecular weight excluding hydrogens is 244 g/mol. The molecule has 0 spiro atoms. The molecule has 4 nitrogen and oxygen atoms in total. The number of ether oxygens (including phenoxy) is 1. The van der Waals surface area contributed by atoms with Gasteiger partial charge >= 0.3 is 5.97 Å². The second-order valence-electron chi connectivity index (χ2n) is 5.51. The minimum atomic E-state index is -0.848. The molecule has 0 aliphatic rings. The van der Waals surface area contributed by atoms with Crippen molar-refractivity contribution in [3.63, 3.8) is 0 Å². The van der Waals surface area contributed by atoms with Crippen molar-refractivity contribution in [3.05, 3.63) is 29.3 Å². The van der Waals surface area contributed by atoms with E-state index in [4.69, 9.17) is 9.84 Å². The van der Waals surface area contributed by atoms with Crippen LogP contribution < -0.4 is 4.74 Å². The van der Waals surface area contributed by atoms with Crippen LogP contribution in [0.5, 0.6) is 5.75 Å². The zero-order valence-corrected chi connectivity index (χ0v) is 11.8. The van der Waals surface area contributed by atoms with Gasteiger partial charge in [0.25, 0.3) is 0 Å². The SMILES string of the molecule is COc1ccc(CCC(=O)O)cc1C(=O)C(C)(C)C. The minimum Gasteiger partial charge on any atom is -0.496 e. The van der Waals surface area contributed by atoms with Gasteiger partial charge in [0, 0.05) is 11.8 Å². The predicted octanol–water partition coefficient (Wildman–Crippen LogP) is 2.94. The van der Waals surface area contributed by atoms with E-state index in [0.717, 1.165) is 5.56 Å². The van der Waals surface area contributed by atoms with Crippen molar-refractivity contribution in [2.45, 2.75) is 33.6 Å². The number of carbonyl (C=O) groups excluding carboxylic acids is 1. The van der Waals surface area contributed by atoms with E-state index < -0.39 is 11.4 Å². The second-order valence-corrected chi connectivity index (χ2v) is 5.51. The van der Waals surface area contributed by atoms with Crippen LogP contribution in [0.25, 0.3) is 0 Å². The van der Waals surface area contributed by atoms with Gasteiger partial charge in [-0.1, -0.05) is 26.8 Å². The predicted molar refractivity (Wildman–Crippen MR) is 72.7 cm³/mol. The van der Waals surface area contributed by atoms with Crippen LogP contribution >= 0.6 is 0 Å². The third-order valence-electron chi connectivity index (χ3n) is 2.82. The van der Waals surface area contributed by atoms with E-state index in [2.05, 4.69) is 0 Å². The average Bonchev–Trinajstić information content (AvgIpc) is 2.33. The summed E-state index contributed by atoms with van der Waals surface area (Å²) in [7, 11) is 1.52. The number of carbonyl (C=O) groups is 2. The number of aryl methyl sites for hydroxylation is 1. The van der Waals surface area contributed by atoms with Gasteiger partial charge in [0.05, 0.1) is 12.7 Å². The maximum Gasteiger partial charge on any atom is 0.303 e. The maximum atomic E-state index is 12.3.